The first-order chi connectivity index (χ1) is 9.70. The van der Waals surface area contributed by atoms with Crippen LogP contribution < -0.4 is 5.32 Å². The summed E-state index contributed by atoms with van der Waals surface area (Å²) in [6.07, 6.45) is 1.70. The van der Waals surface area contributed by atoms with Gasteiger partial charge in [0.05, 0.1) is 17.8 Å². The smallest absolute Gasteiger partial charge is 0.114 e. The van der Waals surface area contributed by atoms with Gasteiger partial charge < -0.3 is 14.5 Å². The summed E-state index contributed by atoms with van der Waals surface area (Å²) in [5, 5.41) is 4.07. The van der Waals surface area contributed by atoms with Gasteiger partial charge in [0, 0.05) is 30.1 Å². The highest BCUT2D eigenvalue weighted by atomic mass is 35.5. The summed E-state index contributed by atoms with van der Waals surface area (Å²) in [4.78, 5) is 2.23. The van der Waals surface area contributed by atoms with Crippen molar-refractivity contribution < 1.29 is 9.15 Å². The molecule has 0 aliphatic rings. The van der Waals surface area contributed by atoms with Crippen LogP contribution in [0, 0.1) is 6.92 Å². The van der Waals surface area contributed by atoms with Crippen molar-refractivity contribution in [1.29, 1.82) is 0 Å². The third-order valence-electron chi connectivity index (χ3n) is 2.86. The van der Waals surface area contributed by atoms with Crippen LogP contribution in [0.1, 0.15) is 11.3 Å². The van der Waals surface area contributed by atoms with Gasteiger partial charge in [-0.1, -0.05) is 29.4 Å². The molecule has 0 saturated heterocycles. The fourth-order valence-corrected chi connectivity index (χ4v) is 2.93. The molecule has 3 nitrogen and oxygen atoms in total. The van der Waals surface area contributed by atoms with Gasteiger partial charge in [0.25, 0.3) is 0 Å². The fraction of sp³-hybridized carbons (Fsp3) is 0.333. The zero-order chi connectivity index (χ0) is 14.4. The van der Waals surface area contributed by atoms with Crippen molar-refractivity contribution in [2.24, 2.45) is 0 Å². The minimum absolute atomic E-state index is 0.700. The number of ether oxygens (including phenoxy) is 1. The molecule has 1 aromatic carbocycles. The highest BCUT2D eigenvalue weighted by Crippen LogP contribution is 2.33. The largest absolute Gasteiger partial charge is 0.468 e. The number of rotatable bonds is 7. The number of benzene rings is 1. The molecule has 2 aromatic rings. The summed E-state index contributed by atoms with van der Waals surface area (Å²) in [7, 11) is 1.69. The van der Waals surface area contributed by atoms with Gasteiger partial charge in [-0.15, -0.1) is 0 Å². The Balaban J connectivity index is 1.97. The van der Waals surface area contributed by atoms with Crippen molar-refractivity contribution in [2.75, 3.05) is 20.3 Å². The summed E-state index contributed by atoms with van der Waals surface area (Å²) in [5.74, 6) is 0.927. The highest BCUT2D eigenvalue weighted by molar-refractivity contribution is 7.99. The number of hydrogen-bond donors (Lipinski definition) is 1. The zero-order valence-electron chi connectivity index (χ0n) is 11.6. The van der Waals surface area contributed by atoms with Crippen molar-refractivity contribution in [3.63, 3.8) is 0 Å². The van der Waals surface area contributed by atoms with Gasteiger partial charge in [-0.2, -0.15) is 0 Å². The second-order valence-electron chi connectivity index (χ2n) is 4.37. The van der Waals surface area contributed by atoms with E-state index in [2.05, 4.69) is 17.4 Å². The predicted octanol–water partition coefficient (Wildman–Crippen LogP) is 4.13. The van der Waals surface area contributed by atoms with Gasteiger partial charge in [-0.3, -0.25) is 0 Å². The van der Waals surface area contributed by atoms with E-state index in [9.17, 15) is 0 Å². The van der Waals surface area contributed by atoms with E-state index in [0.717, 1.165) is 39.2 Å². The number of aryl methyl sites for hydroxylation is 1. The monoisotopic (exact) mass is 311 g/mol. The topological polar surface area (TPSA) is 34.4 Å². The van der Waals surface area contributed by atoms with Crippen LogP contribution >= 0.6 is 23.4 Å². The predicted molar refractivity (Wildman–Crippen MR) is 82.6 cm³/mol. The third kappa shape index (κ3) is 4.28. The van der Waals surface area contributed by atoms with Gasteiger partial charge in [0.2, 0.25) is 0 Å². The molecule has 1 N–H and O–H groups in total. The molecule has 0 radical (unpaired) electrons. The van der Waals surface area contributed by atoms with Crippen molar-refractivity contribution in [3.8, 4) is 0 Å². The average Bonchev–Trinajstić information content (AvgIpc) is 2.82. The maximum atomic E-state index is 6.31. The number of halogens is 1. The normalized spacial score (nSPS) is 10.9. The van der Waals surface area contributed by atoms with Crippen molar-refractivity contribution >= 4 is 23.4 Å². The molecule has 5 heteroatoms. The lowest BCUT2D eigenvalue weighted by atomic mass is 10.2. The van der Waals surface area contributed by atoms with E-state index in [1.54, 1.807) is 25.1 Å². The molecule has 0 saturated carbocycles. The Morgan fingerprint density at radius 1 is 1.35 bits per heavy atom. The maximum Gasteiger partial charge on any atom is 0.114 e. The summed E-state index contributed by atoms with van der Waals surface area (Å²) < 4.78 is 10.3. The van der Waals surface area contributed by atoms with E-state index in [4.69, 9.17) is 20.8 Å². The third-order valence-corrected chi connectivity index (χ3v) is 4.35. The Morgan fingerprint density at radius 2 is 2.20 bits per heavy atom. The quantitative estimate of drug-likeness (QED) is 0.780. The molecule has 1 aromatic heterocycles. The minimum Gasteiger partial charge on any atom is -0.468 e. The molecule has 1 heterocycles. The Morgan fingerprint density at radius 3 is 2.85 bits per heavy atom. The lowest BCUT2D eigenvalue weighted by Gasteiger charge is -2.08. The molecule has 20 heavy (non-hydrogen) atoms. The first-order valence-corrected chi connectivity index (χ1v) is 7.60. The van der Waals surface area contributed by atoms with Gasteiger partial charge in [0.15, 0.2) is 0 Å². The molecule has 108 valence electrons. The standard InChI is InChI=1S/C15H18ClNO2S/c1-11-15(5-7-19-11)20-13-4-3-12(14(16)9-13)10-17-6-8-18-2/h3-5,7,9,17H,6,8,10H2,1-2H3. The van der Waals surface area contributed by atoms with Gasteiger partial charge in [0.1, 0.15) is 5.76 Å². The van der Waals surface area contributed by atoms with Crippen LogP contribution in [0.15, 0.2) is 44.7 Å². The van der Waals surface area contributed by atoms with Gasteiger partial charge >= 0.3 is 0 Å². The molecule has 0 atom stereocenters. The summed E-state index contributed by atoms with van der Waals surface area (Å²) in [5.41, 5.74) is 1.09. The lowest BCUT2D eigenvalue weighted by molar-refractivity contribution is 0.199. The molecule has 0 unspecified atom stereocenters. The minimum atomic E-state index is 0.700. The zero-order valence-corrected chi connectivity index (χ0v) is 13.2. The van der Waals surface area contributed by atoms with E-state index in [1.165, 1.54) is 0 Å². The molecular formula is C15H18ClNO2S. The molecule has 0 aliphatic carbocycles. The first kappa shape index (κ1) is 15.4. The molecular weight excluding hydrogens is 294 g/mol. The Kier molecular flexibility index (Phi) is 5.98. The van der Waals surface area contributed by atoms with E-state index in [-0.39, 0.29) is 0 Å². The summed E-state index contributed by atoms with van der Waals surface area (Å²) >= 11 is 7.97. The van der Waals surface area contributed by atoms with Crippen LogP contribution in [0.5, 0.6) is 0 Å². The second-order valence-corrected chi connectivity index (χ2v) is 5.89. The van der Waals surface area contributed by atoms with Crippen LogP contribution in [0.2, 0.25) is 5.02 Å². The van der Waals surface area contributed by atoms with Crippen LogP contribution in [0.4, 0.5) is 0 Å². The maximum absolute atomic E-state index is 6.31. The van der Waals surface area contributed by atoms with E-state index < -0.39 is 0 Å². The second kappa shape index (κ2) is 7.74. The highest BCUT2D eigenvalue weighted by Gasteiger charge is 2.06. The number of nitrogens with one attached hydrogen (secondary N) is 1. The fourth-order valence-electron chi connectivity index (χ4n) is 1.74. The SMILES string of the molecule is COCCNCc1ccc(Sc2ccoc2C)cc1Cl. The Bertz CT molecular complexity index is 557. The van der Waals surface area contributed by atoms with E-state index in [0.29, 0.717) is 6.61 Å². The van der Waals surface area contributed by atoms with Crippen molar-refractivity contribution in [2.45, 2.75) is 23.3 Å². The average molecular weight is 312 g/mol. The number of furan rings is 1. The Hall–Kier alpha value is -0.940. The van der Waals surface area contributed by atoms with Crippen LogP contribution in [0.3, 0.4) is 0 Å². The number of hydrogen-bond acceptors (Lipinski definition) is 4. The van der Waals surface area contributed by atoms with Crippen LogP contribution in [-0.2, 0) is 11.3 Å². The van der Waals surface area contributed by atoms with Crippen LogP contribution in [-0.4, -0.2) is 20.3 Å². The molecule has 0 fully saturated rings. The molecule has 0 spiro atoms. The Labute approximate surface area is 128 Å². The van der Waals surface area contributed by atoms with E-state index >= 15 is 0 Å². The van der Waals surface area contributed by atoms with Crippen molar-refractivity contribution in [3.05, 3.63) is 46.9 Å². The van der Waals surface area contributed by atoms with Gasteiger partial charge in [-0.25, -0.2) is 0 Å². The number of methoxy groups -OCH3 is 1. The lowest BCUT2D eigenvalue weighted by Crippen LogP contribution is -2.18. The van der Waals surface area contributed by atoms with Crippen LogP contribution in [0.25, 0.3) is 0 Å². The van der Waals surface area contributed by atoms with E-state index in [1.807, 2.05) is 19.1 Å². The molecule has 2 rings (SSSR count). The molecule has 0 aliphatic heterocycles. The molecule has 0 bridgehead atoms. The summed E-state index contributed by atoms with van der Waals surface area (Å²) in [6.45, 7) is 4.22. The molecule has 0 amide bonds. The van der Waals surface area contributed by atoms with Gasteiger partial charge in [-0.05, 0) is 30.7 Å². The first-order valence-electron chi connectivity index (χ1n) is 6.40. The summed E-state index contributed by atoms with van der Waals surface area (Å²) in [6, 6.07) is 8.09. The van der Waals surface area contributed by atoms with Crippen molar-refractivity contribution in [1.82, 2.24) is 5.32 Å².